The summed E-state index contributed by atoms with van der Waals surface area (Å²) in [4.78, 5) is 0. The second-order valence-electron chi connectivity index (χ2n) is 4.65. The molecular formula is C13H13ClN4O2S. The van der Waals surface area contributed by atoms with Crippen molar-refractivity contribution in [2.75, 3.05) is 6.61 Å². The van der Waals surface area contributed by atoms with E-state index in [0.717, 1.165) is 12.8 Å². The van der Waals surface area contributed by atoms with Gasteiger partial charge in [-0.25, -0.2) is 0 Å². The molecule has 1 aromatic heterocycles. The van der Waals surface area contributed by atoms with Crippen molar-refractivity contribution in [2.24, 2.45) is 5.10 Å². The Bertz CT molecular complexity index is 734. The highest BCUT2D eigenvalue weighted by molar-refractivity contribution is 7.71. The number of ether oxygens (including phenoxy) is 1. The fourth-order valence-corrected chi connectivity index (χ4v) is 2.52. The van der Waals surface area contributed by atoms with Crippen LogP contribution in [0.3, 0.4) is 0 Å². The Morgan fingerprint density at radius 3 is 3.19 bits per heavy atom. The van der Waals surface area contributed by atoms with E-state index in [9.17, 15) is 5.11 Å². The van der Waals surface area contributed by atoms with E-state index in [2.05, 4.69) is 15.3 Å². The van der Waals surface area contributed by atoms with Crippen LogP contribution in [0.5, 0.6) is 5.75 Å². The summed E-state index contributed by atoms with van der Waals surface area (Å²) >= 11 is 11.1. The summed E-state index contributed by atoms with van der Waals surface area (Å²) in [7, 11) is 0. The molecular weight excluding hydrogens is 312 g/mol. The predicted octanol–water partition coefficient (Wildman–Crippen LogP) is 3.03. The van der Waals surface area contributed by atoms with Crippen molar-refractivity contribution >= 4 is 30.0 Å². The van der Waals surface area contributed by atoms with Crippen LogP contribution in [0.1, 0.15) is 30.3 Å². The lowest BCUT2D eigenvalue weighted by Crippen LogP contribution is -2.05. The number of halogens is 1. The second-order valence-corrected chi connectivity index (χ2v) is 5.47. The minimum Gasteiger partial charge on any atom is -0.507 e. The van der Waals surface area contributed by atoms with Crippen LogP contribution in [0.25, 0.3) is 0 Å². The molecule has 0 amide bonds. The molecule has 0 saturated carbocycles. The first kappa shape index (κ1) is 14.2. The highest BCUT2D eigenvalue weighted by Gasteiger charge is 2.23. The number of phenolic OH excluding ortho intramolecular Hbond substituents is 1. The summed E-state index contributed by atoms with van der Waals surface area (Å²) in [6, 6.07) is 4.74. The molecule has 0 unspecified atom stereocenters. The zero-order valence-electron chi connectivity index (χ0n) is 11.0. The minimum atomic E-state index is -0.108. The van der Waals surface area contributed by atoms with Gasteiger partial charge in [0.05, 0.1) is 6.21 Å². The minimum absolute atomic E-state index is 0.0943. The van der Waals surface area contributed by atoms with Crippen molar-refractivity contribution in [1.82, 2.24) is 14.9 Å². The van der Waals surface area contributed by atoms with E-state index in [0.29, 0.717) is 27.8 Å². The number of aromatic nitrogens is 3. The Morgan fingerprint density at radius 1 is 1.57 bits per heavy atom. The van der Waals surface area contributed by atoms with Gasteiger partial charge < -0.3 is 9.84 Å². The van der Waals surface area contributed by atoms with E-state index >= 15 is 0 Å². The van der Waals surface area contributed by atoms with Gasteiger partial charge in [-0.2, -0.15) is 14.9 Å². The zero-order chi connectivity index (χ0) is 14.8. The predicted molar refractivity (Wildman–Crippen MR) is 81.4 cm³/mol. The average Bonchev–Trinajstić information content (AvgIpc) is 3.09. The lowest BCUT2D eigenvalue weighted by molar-refractivity contribution is 0.102. The fourth-order valence-electron chi connectivity index (χ4n) is 2.15. The Labute approximate surface area is 131 Å². The number of H-pyrrole nitrogens is 1. The Kier molecular flexibility index (Phi) is 4.05. The van der Waals surface area contributed by atoms with E-state index < -0.39 is 0 Å². The number of nitrogens with one attached hydrogen (secondary N) is 1. The molecule has 1 aromatic carbocycles. The standard InChI is InChI=1S/C13H13ClN4O2S/c14-9-3-4-10(19)8(6-9)7-15-18-12(16-17-13(18)21)11-2-1-5-20-11/h3-4,6-7,11,19H,1-2,5H2,(H,17,21)/b15-7+/t11-/m1/s1. The third-order valence-electron chi connectivity index (χ3n) is 3.20. The van der Waals surface area contributed by atoms with Gasteiger partial charge in [-0.15, -0.1) is 0 Å². The molecule has 6 nitrogen and oxygen atoms in total. The molecule has 110 valence electrons. The van der Waals surface area contributed by atoms with Gasteiger partial charge in [-0.3, -0.25) is 5.10 Å². The molecule has 1 saturated heterocycles. The molecule has 0 radical (unpaired) electrons. The zero-order valence-corrected chi connectivity index (χ0v) is 12.6. The van der Waals surface area contributed by atoms with Crippen molar-refractivity contribution in [3.8, 4) is 5.75 Å². The van der Waals surface area contributed by atoms with Crippen LogP contribution in [0.4, 0.5) is 0 Å². The van der Waals surface area contributed by atoms with Crippen LogP contribution in [0.2, 0.25) is 5.02 Å². The molecule has 2 aromatic rings. The van der Waals surface area contributed by atoms with Gasteiger partial charge >= 0.3 is 0 Å². The molecule has 0 aliphatic carbocycles. The van der Waals surface area contributed by atoms with Crippen LogP contribution >= 0.6 is 23.8 Å². The summed E-state index contributed by atoms with van der Waals surface area (Å²) in [5, 5.41) is 21.5. The van der Waals surface area contributed by atoms with Crippen molar-refractivity contribution in [2.45, 2.75) is 18.9 Å². The van der Waals surface area contributed by atoms with Crippen LogP contribution in [-0.4, -0.2) is 32.8 Å². The molecule has 8 heteroatoms. The number of hydrogen-bond donors (Lipinski definition) is 2. The molecule has 0 bridgehead atoms. The molecule has 2 heterocycles. The van der Waals surface area contributed by atoms with E-state index in [1.165, 1.54) is 17.0 Å². The van der Waals surface area contributed by atoms with Gasteiger partial charge in [0.1, 0.15) is 11.9 Å². The topological polar surface area (TPSA) is 75.4 Å². The summed E-state index contributed by atoms with van der Waals surface area (Å²) in [5.41, 5.74) is 0.504. The Morgan fingerprint density at radius 2 is 2.43 bits per heavy atom. The van der Waals surface area contributed by atoms with Gasteiger partial charge in [0.2, 0.25) is 4.77 Å². The van der Waals surface area contributed by atoms with Crippen molar-refractivity contribution in [3.05, 3.63) is 39.4 Å². The molecule has 0 spiro atoms. The van der Waals surface area contributed by atoms with Gasteiger partial charge in [-0.05, 0) is 43.3 Å². The molecule has 1 aliphatic rings. The van der Waals surface area contributed by atoms with Gasteiger partial charge in [0, 0.05) is 17.2 Å². The lowest BCUT2D eigenvalue weighted by atomic mass is 10.2. The smallest absolute Gasteiger partial charge is 0.216 e. The Balaban J connectivity index is 1.94. The largest absolute Gasteiger partial charge is 0.507 e. The number of aromatic amines is 1. The first-order chi connectivity index (χ1) is 10.1. The normalized spacial score (nSPS) is 18.6. The monoisotopic (exact) mass is 324 g/mol. The molecule has 1 atom stereocenters. The highest BCUT2D eigenvalue weighted by atomic mass is 35.5. The number of benzene rings is 1. The van der Waals surface area contributed by atoms with E-state index in [-0.39, 0.29) is 11.9 Å². The lowest BCUT2D eigenvalue weighted by Gasteiger charge is -2.07. The Hall–Kier alpha value is -1.70. The highest BCUT2D eigenvalue weighted by Crippen LogP contribution is 2.27. The molecule has 2 N–H and O–H groups in total. The maximum absolute atomic E-state index is 9.78. The molecule has 3 rings (SSSR count). The summed E-state index contributed by atoms with van der Waals surface area (Å²) in [5.74, 6) is 0.729. The fraction of sp³-hybridized carbons (Fsp3) is 0.308. The second kappa shape index (κ2) is 5.97. The maximum Gasteiger partial charge on any atom is 0.216 e. The first-order valence-electron chi connectivity index (χ1n) is 6.47. The summed E-state index contributed by atoms with van der Waals surface area (Å²) in [6.45, 7) is 0.711. The van der Waals surface area contributed by atoms with Gasteiger partial charge in [0.25, 0.3) is 0 Å². The number of hydrogen-bond acceptors (Lipinski definition) is 5. The SMILES string of the molecule is Oc1ccc(Cl)cc1/C=N/n1c([C@H]2CCCO2)n[nH]c1=S. The molecule has 1 aliphatic heterocycles. The van der Waals surface area contributed by atoms with Crippen LogP contribution < -0.4 is 0 Å². The first-order valence-corrected chi connectivity index (χ1v) is 7.25. The molecule has 1 fully saturated rings. The third-order valence-corrected chi connectivity index (χ3v) is 3.69. The quantitative estimate of drug-likeness (QED) is 0.672. The van der Waals surface area contributed by atoms with Crippen LogP contribution in [0.15, 0.2) is 23.3 Å². The molecule has 21 heavy (non-hydrogen) atoms. The summed E-state index contributed by atoms with van der Waals surface area (Å²) in [6.07, 6.45) is 3.26. The van der Waals surface area contributed by atoms with E-state index in [1.54, 1.807) is 12.1 Å². The van der Waals surface area contributed by atoms with E-state index in [1.807, 2.05) is 0 Å². The maximum atomic E-state index is 9.78. The van der Waals surface area contributed by atoms with Gasteiger partial charge in [-0.1, -0.05) is 11.6 Å². The van der Waals surface area contributed by atoms with Crippen LogP contribution in [-0.2, 0) is 4.74 Å². The van der Waals surface area contributed by atoms with Gasteiger partial charge in [0.15, 0.2) is 5.82 Å². The van der Waals surface area contributed by atoms with Crippen molar-refractivity contribution in [1.29, 1.82) is 0 Å². The number of rotatable bonds is 3. The van der Waals surface area contributed by atoms with Crippen LogP contribution in [0, 0.1) is 4.77 Å². The number of nitrogens with zero attached hydrogens (tertiary/aromatic N) is 3. The van der Waals surface area contributed by atoms with Crippen molar-refractivity contribution < 1.29 is 9.84 Å². The third kappa shape index (κ3) is 2.99. The van der Waals surface area contributed by atoms with Crippen molar-refractivity contribution in [3.63, 3.8) is 0 Å². The number of aromatic hydroxyl groups is 1. The summed E-state index contributed by atoms with van der Waals surface area (Å²) < 4.78 is 7.47. The average molecular weight is 325 g/mol. The van der Waals surface area contributed by atoms with E-state index in [4.69, 9.17) is 28.6 Å². The number of phenols is 1.